The minimum absolute atomic E-state index is 0.0288. The lowest BCUT2D eigenvalue weighted by Crippen LogP contribution is -2.23. The second-order valence-electron chi connectivity index (χ2n) is 4.48. The minimum atomic E-state index is -4.45. The van der Waals surface area contributed by atoms with Crippen LogP contribution in [0.4, 0.5) is 30.6 Å². The third kappa shape index (κ3) is 3.63. The number of alkyl halides is 3. The standard InChI is InChI=1S/C14H16F3N5/c1-3-22(4-2)12-9-18-21-13(20-12)19-11-8-6-5-7-10(11)14(15,16)17/h5-9H,3-4H2,1-2H3,(H,19,20,21). The topological polar surface area (TPSA) is 53.9 Å². The Kier molecular flexibility index (Phi) is 4.79. The molecule has 118 valence electrons. The normalized spacial score (nSPS) is 11.3. The van der Waals surface area contributed by atoms with Crippen molar-refractivity contribution < 1.29 is 13.2 Å². The molecule has 0 saturated heterocycles. The highest BCUT2D eigenvalue weighted by atomic mass is 19.4. The van der Waals surface area contributed by atoms with Crippen LogP contribution >= 0.6 is 0 Å². The number of nitrogens with zero attached hydrogens (tertiary/aromatic N) is 4. The molecule has 2 rings (SSSR count). The smallest absolute Gasteiger partial charge is 0.356 e. The van der Waals surface area contributed by atoms with Crippen LogP contribution in [0.3, 0.4) is 0 Å². The summed E-state index contributed by atoms with van der Waals surface area (Å²) in [5.41, 5.74) is -0.875. The van der Waals surface area contributed by atoms with Crippen molar-refractivity contribution >= 4 is 17.5 Å². The minimum Gasteiger partial charge on any atom is -0.356 e. The molecule has 8 heteroatoms. The van der Waals surface area contributed by atoms with E-state index in [-0.39, 0.29) is 11.6 Å². The zero-order valence-electron chi connectivity index (χ0n) is 12.2. The van der Waals surface area contributed by atoms with E-state index in [4.69, 9.17) is 0 Å². The van der Waals surface area contributed by atoms with Gasteiger partial charge in [-0.25, -0.2) is 0 Å². The van der Waals surface area contributed by atoms with Crippen molar-refractivity contribution in [2.75, 3.05) is 23.3 Å². The van der Waals surface area contributed by atoms with Gasteiger partial charge in [-0.15, -0.1) is 5.10 Å². The summed E-state index contributed by atoms with van der Waals surface area (Å²) in [6.07, 6.45) is -2.97. The van der Waals surface area contributed by atoms with Gasteiger partial charge in [0.1, 0.15) is 0 Å². The number of nitrogens with one attached hydrogen (secondary N) is 1. The summed E-state index contributed by atoms with van der Waals surface area (Å²) in [6, 6.07) is 5.18. The summed E-state index contributed by atoms with van der Waals surface area (Å²) < 4.78 is 38.9. The number of aromatic nitrogens is 3. The highest BCUT2D eigenvalue weighted by molar-refractivity contribution is 5.60. The number of hydrogen-bond acceptors (Lipinski definition) is 5. The van der Waals surface area contributed by atoms with Gasteiger partial charge in [-0.05, 0) is 26.0 Å². The maximum atomic E-state index is 13.0. The summed E-state index contributed by atoms with van der Waals surface area (Å²) in [6.45, 7) is 5.34. The molecule has 5 nitrogen and oxygen atoms in total. The monoisotopic (exact) mass is 311 g/mol. The fourth-order valence-electron chi connectivity index (χ4n) is 2.01. The van der Waals surface area contributed by atoms with Crippen LogP contribution in [0.5, 0.6) is 0 Å². The molecule has 0 spiro atoms. The number of hydrogen-bond donors (Lipinski definition) is 1. The second kappa shape index (κ2) is 6.59. The zero-order valence-corrected chi connectivity index (χ0v) is 12.2. The predicted octanol–water partition coefficient (Wildman–Crippen LogP) is 3.48. The number of rotatable bonds is 5. The van der Waals surface area contributed by atoms with Crippen molar-refractivity contribution in [2.45, 2.75) is 20.0 Å². The third-order valence-corrected chi connectivity index (χ3v) is 3.11. The number of anilines is 3. The Balaban J connectivity index is 2.31. The van der Waals surface area contributed by atoms with E-state index < -0.39 is 11.7 Å². The number of para-hydroxylation sites is 1. The number of benzene rings is 1. The van der Waals surface area contributed by atoms with E-state index in [1.165, 1.54) is 24.4 Å². The fourth-order valence-corrected chi connectivity index (χ4v) is 2.01. The molecule has 0 aliphatic carbocycles. The van der Waals surface area contributed by atoms with Crippen LogP contribution in [0.25, 0.3) is 0 Å². The maximum Gasteiger partial charge on any atom is 0.418 e. The zero-order chi connectivity index (χ0) is 16.2. The van der Waals surface area contributed by atoms with Gasteiger partial charge in [-0.1, -0.05) is 12.1 Å². The third-order valence-electron chi connectivity index (χ3n) is 3.11. The van der Waals surface area contributed by atoms with E-state index in [1.807, 2.05) is 18.7 Å². The quantitative estimate of drug-likeness (QED) is 0.916. The van der Waals surface area contributed by atoms with Gasteiger partial charge in [-0.2, -0.15) is 23.3 Å². The van der Waals surface area contributed by atoms with E-state index >= 15 is 0 Å². The van der Waals surface area contributed by atoms with Crippen molar-refractivity contribution in [2.24, 2.45) is 0 Å². The van der Waals surface area contributed by atoms with Crippen molar-refractivity contribution in [3.8, 4) is 0 Å². The average molecular weight is 311 g/mol. The Bertz CT molecular complexity index is 626. The van der Waals surface area contributed by atoms with Crippen molar-refractivity contribution in [1.82, 2.24) is 15.2 Å². The predicted molar refractivity (Wildman–Crippen MR) is 78.1 cm³/mol. The van der Waals surface area contributed by atoms with Crippen LogP contribution in [0, 0.1) is 0 Å². The molecule has 0 aliphatic heterocycles. The lowest BCUT2D eigenvalue weighted by atomic mass is 10.1. The van der Waals surface area contributed by atoms with Crippen LogP contribution in [0.2, 0.25) is 0 Å². The largest absolute Gasteiger partial charge is 0.418 e. The summed E-state index contributed by atoms with van der Waals surface area (Å²) in [5.74, 6) is 0.591. The van der Waals surface area contributed by atoms with E-state index in [1.54, 1.807) is 0 Å². The summed E-state index contributed by atoms with van der Waals surface area (Å²) >= 11 is 0. The van der Waals surface area contributed by atoms with Gasteiger partial charge in [0.25, 0.3) is 0 Å². The molecule has 0 aliphatic rings. The Morgan fingerprint density at radius 1 is 1.14 bits per heavy atom. The molecule has 1 N–H and O–H groups in total. The first-order valence-electron chi connectivity index (χ1n) is 6.83. The van der Waals surface area contributed by atoms with Crippen LogP contribution in [-0.2, 0) is 6.18 Å². The van der Waals surface area contributed by atoms with E-state index in [0.29, 0.717) is 18.9 Å². The van der Waals surface area contributed by atoms with Gasteiger partial charge in [0.05, 0.1) is 17.4 Å². The Morgan fingerprint density at radius 3 is 2.45 bits per heavy atom. The SMILES string of the molecule is CCN(CC)c1cnnc(Nc2ccccc2C(F)(F)F)n1. The summed E-state index contributed by atoms with van der Waals surface area (Å²) in [4.78, 5) is 6.13. The molecular weight excluding hydrogens is 295 g/mol. The Hall–Kier alpha value is -2.38. The van der Waals surface area contributed by atoms with Crippen LogP contribution in [-0.4, -0.2) is 28.3 Å². The van der Waals surface area contributed by atoms with Gasteiger partial charge < -0.3 is 10.2 Å². The molecule has 0 unspecified atom stereocenters. The average Bonchev–Trinajstić information content (AvgIpc) is 2.48. The van der Waals surface area contributed by atoms with Gasteiger partial charge >= 0.3 is 6.18 Å². The first-order chi connectivity index (χ1) is 10.5. The molecule has 1 heterocycles. The molecule has 0 atom stereocenters. The molecule has 0 fully saturated rings. The lowest BCUT2D eigenvalue weighted by molar-refractivity contribution is -0.136. The fraction of sp³-hybridized carbons (Fsp3) is 0.357. The molecule has 0 radical (unpaired) electrons. The first-order valence-corrected chi connectivity index (χ1v) is 6.83. The molecule has 0 saturated carbocycles. The summed E-state index contributed by atoms with van der Waals surface area (Å²) in [7, 11) is 0. The van der Waals surface area contributed by atoms with Crippen molar-refractivity contribution in [3.63, 3.8) is 0 Å². The Labute approximate surface area is 126 Å². The first kappa shape index (κ1) is 16.0. The Morgan fingerprint density at radius 2 is 1.82 bits per heavy atom. The second-order valence-corrected chi connectivity index (χ2v) is 4.48. The van der Waals surface area contributed by atoms with E-state index in [2.05, 4.69) is 20.5 Å². The van der Waals surface area contributed by atoms with Crippen LogP contribution in [0.15, 0.2) is 30.5 Å². The number of halogens is 3. The molecular formula is C14H16F3N5. The van der Waals surface area contributed by atoms with Gasteiger partial charge in [0.15, 0.2) is 5.82 Å². The lowest BCUT2D eigenvalue weighted by Gasteiger charge is -2.19. The van der Waals surface area contributed by atoms with Crippen LogP contribution < -0.4 is 10.2 Å². The molecule has 0 bridgehead atoms. The van der Waals surface area contributed by atoms with Crippen molar-refractivity contribution in [3.05, 3.63) is 36.0 Å². The van der Waals surface area contributed by atoms with Gasteiger partial charge in [0.2, 0.25) is 5.95 Å². The molecule has 22 heavy (non-hydrogen) atoms. The van der Waals surface area contributed by atoms with E-state index in [0.717, 1.165) is 6.07 Å². The van der Waals surface area contributed by atoms with Gasteiger partial charge in [0, 0.05) is 13.1 Å². The molecule has 1 aromatic heterocycles. The van der Waals surface area contributed by atoms with Crippen molar-refractivity contribution in [1.29, 1.82) is 0 Å². The van der Waals surface area contributed by atoms with Gasteiger partial charge in [-0.3, -0.25) is 0 Å². The maximum absolute atomic E-state index is 13.0. The molecule has 0 amide bonds. The molecule has 1 aromatic carbocycles. The highest BCUT2D eigenvalue weighted by Crippen LogP contribution is 2.35. The van der Waals surface area contributed by atoms with Crippen LogP contribution in [0.1, 0.15) is 19.4 Å². The molecule has 2 aromatic rings. The van der Waals surface area contributed by atoms with E-state index in [9.17, 15) is 13.2 Å². The summed E-state index contributed by atoms with van der Waals surface area (Å²) in [5, 5.41) is 10.1. The highest BCUT2D eigenvalue weighted by Gasteiger charge is 2.33.